The quantitative estimate of drug-likeness (QED) is 0.305. The molecule has 0 saturated carbocycles. The highest BCUT2D eigenvalue weighted by molar-refractivity contribution is 7.32. The van der Waals surface area contributed by atoms with Gasteiger partial charge in [-0.2, -0.15) is 9.61 Å². The Morgan fingerprint density at radius 1 is 1.22 bits per heavy atom. The van der Waals surface area contributed by atoms with Crippen LogP contribution in [0.5, 0.6) is 0 Å². The third-order valence-corrected chi connectivity index (χ3v) is 12.0. The lowest BCUT2D eigenvalue weighted by Gasteiger charge is -2.39. The van der Waals surface area contributed by atoms with E-state index in [1.165, 1.54) is 10.8 Å². The third-order valence-electron chi connectivity index (χ3n) is 7.06. The molecule has 2 unspecified atom stereocenters. The van der Waals surface area contributed by atoms with Crippen molar-refractivity contribution in [1.29, 1.82) is 0 Å². The topological polar surface area (TPSA) is 137 Å². The minimum atomic E-state index is -2.88. The lowest BCUT2D eigenvalue weighted by molar-refractivity contribution is 0.00908. The average Bonchev–Trinajstić information content (AvgIpc) is 3.40. The van der Waals surface area contributed by atoms with Gasteiger partial charge in [0.25, 0.3) is 5.91 Å². The molecule has 13 heteroatoms. The number of amides is 1. The van der Waals surface area contributed by atoms with Crippen molar-refractivity contribution in [3.05, 3.63) is 54.0 Å². The van der Waals surface area contributed by atoms with Crippen LogP contribution >= 0.6 is 8.25 Å². The Balaban J connectivity index is 1.72. The van der Waals surface area contributed by atoms with E-state index in [2.05, 4.69) is 54.2 Å². The molecular formula is C24H33N5O6PSi+. The number of hydrogen-bond donors (Lipinski definition) is 2. The van der Waals surface area contributed by atoms with E-state index in [1.807, 2.05) is 13.0 Å². The number of aromatic nitrogens is 4. The molecule has 3 heterocycles. The Hall–Kier alpha value is -2.60. The maximum Gasteiger partial charge on any atom is 0.695 e. The standard InChI is InChI=1S/C24H32N5O6PSi/c1-7-17-19(34-36(31)32)20(35-37(5,6)24(2,3)4)18(33-17)16-13-27-29-21(16)25-14-26-23(29)28-22(30)15-11-9-8-10-12-15/h8-14,17-20H,7H2,1-6H3,(H-,25,26,27,28,30,31,32)/p+1/t17-,18+,19?,20-/m1/s1. The molecule has 37 heavy (non-hydrogen) atoms. The van der Waals surface area contributed by atoms with Gasteiger partial charge in [0.2, 0.25) is 5.95 Å². The number of carbonyl (C=O) groups excluding carboxylic acids is 1. The first-order chi connectivity index (χ1) is 17.4. The Morgan fingerprint density at radius 3 is 2.54 bits per heavy atom. The number of carbonyl (C=O) groups is 1. The third kappa shape index (κ3) is 5.64. The van der Waals surface area contributed by atoms with Crippen LogP contribution in [0.15, 0.2) is 42.9 Å². The zero-order valence-corrected chi connectivity index (χ0v) is 23.7. The van der Waals surface area contributed by atoms with Crippen LogP contribution in [0.25, 0.3) is 5.65 Å². The highest BCUT2D eigenvalue weighted by atomic mass is 31.1. The number of ether oxygens (including phenoxy) is 1. The molecule has 11 nitrogen and oxygen atoms in total. The lowest BCUT2D eigenvalue weighted by Crippen LogP contribution is -2.48. The largest absolute Gasteiger partial charge is 0.695 e. The van der Waals surface area contributed by atoms with Gasteiger partial charge in [-0.1, -0.05) is 45.9 Å². The number of fused-ring (bicyclic) bond motifs is 1. The van der Waals surface area contributed by atoms with Gasteiger partial charge >= 0.3 is 8.25 Å². The molecule has 1 fully saturated rings. The van der Waals surface area contributed by atoms with Gasteiger partial charge in [-0.3, -0.25) is 10.1 Å². The van der Waals surface area contributed by atoms with Gasteiger partial charge in [-0.25, -0.2) is 9.97 Å². The second-order valence-corrected chi connectivity index (χ2v) is 15.9. The molecule has 1 aliphatic heterocycles. The summed E-state index contributed by atoms with van der Waals surface area (Å²) in [6.45, 7) is 12.5. The summed E-state index contributed by atoms with van der Waals surface area (Å²) in [5.41, 5.74) is 1.52. The Morgan fingerprint density at radius 2 is 1.92 bits per heavy atom. The summed E-state index contributed by atoms with van der Waals surface area (Å²) >= 11 is 0. The van der Waals surface area contributed by atoms with Crippen molar-refractivity contribution in [2.45, 2.75) is 76.7 Å². The first-order valence-electron chi connectivity index (χ1n) is 12.1. The van der Waals surface area contributed by atoms with Crippen LogP contribution < -0.4 is 5.32 Å². The van der Waals surface area contributed by atoms with Crippen molar-refractivity contribution < 1.29 is 27.9 Å². The number of anilines is 1. The number of nitrogens with zero attached hydrogens (tertiary/aromatic N) is 4. The molecule has 0 spiro atoms. The van der Waals surface area contributed by atoms with Gasteiger partial charge in [0, 0.05) is 15.7 Å². The van der Waals surface area contributed by atoms with E-state index in [9.17, 15) is 14.3 Å². The van der Waals surface area contributed by atoms with Crippen molar-refractivity contribution in [2.75, 3.05) is 5.32 Å². The van der Waals surface area contributed by atoms with Gasteiger partial charge < -0.3 is 9.16 Å². The van der Waals surface area contributed by atoms with Crippen LogP contribution in [0, 0.1) is 0 Å². The molecule has 1 aliphatic rings. The van der Waals surface area contributed by atoms with Crippen LogP contribution in [0.4, 0.5) is 5.95 Å². The van der Waals surface area contributed by atoms with E-state index in [1.54, 1.807) is 30.5 Å². The molecule has 0 aliphatic carbocycles. The molecule has 2 N–H and O–H groups in total. The molecule has 198 valence electrons. The lowest BCUT2D eigenvalue weighted by atomic mass is 10.0. The summed E-state index contributed by atoms with van der Waals surface area (Å²) < 4.78 is 31.8. The van der Waals surface area contributed by atoms with Crippen LogP contribution in [0.2, 0.25) is 18.1 Å². The highest BCUT2D eigenvalue weighted by Crippen LogP contribution is 2.46. The predicted molar refractivity (Wildman–Crippen MR) is 140 cm³/mol. The fourth-order valence-corrected chi connectivity index (χ4v) is 5.82. The number of nitrogens with one attached hydrogen (secondary N) is 1. The van der Waals surface area contributed by atoms with E-state index in [-0.39, 0.29) is 16.9 Å². The smallest absolute Gasteiger partial charge is 0.408 e. The fourth-order valence-electron chi connectivity index (χ4n) is 4.06. The van der Waals surface area contributed by atoms with Crippen LogP contribution in [-0.4, -0.2) is 57.0 Å². The molecule has 0 radical (unpaired) electrons. The molecule has 1 aromatic carbocycles. The van der Waals surface area contributed by atoms with Crippen molar-refractivity contribution in [1.82, 2.24) is 19.6 Å². The van der Waals surface area contributed by atoms with E-state index < -0.39 is 41.0 Å². The summed E-state index contributed by atoms with van der Waals surface area (Å²) in [5, 5.41) is 7.09. The molecule has 0 bridgehead atoms. The molecular weight excluding hydrogens is 513 g/mol. The van der Waals surface area contributed by atoms with Crippen LogP contribution in [0.3, 0.4) is 0 Å². The van der Waals surface area contributed by atoms with Gasteiger partial charge in [0.15, 0.2) is 20.1 Å². The van der Waals surface area contributed by atoms with E-state index in [0.29, 0.717) is 23.2 Å². The van der Waals surface area contributed by atoms with Crippen molar-refractivity contribution >= 4 is 34.1 Å². The summed E-state index contributed by atoms with van der Waals surface area (Å²) in [5.74, 6) is -0.136. The predicted octanol–water partition coefficient (Wildman–Crippen LogP) is 4.65. The summed E-state index contributed by atoms with van der Waals surface area (Å²) in [7, 11) is -5.23. The fraction of sp³-hybridized carbons (Fsp3) is 0.500. The maximum atomic E-state index is 12.7. The molecule has 5 atom stereocenters. The molecule has 2 aromatic heterocycles. The van der Waals surface area contributed by atoms with Crippen molar-refractivity contribution in [3.8, 4) is 0 Å². The monoisotopic (exact) mass is 546 g/mol. The van der Waals surface area contributed by atoms with Crippen molar-refractivity contribution in [3.63, 3.8) is 0 Å². The Bertz CT molecular complexity index is 1280. The average molecular weight is 547 g/mol. The molecule has 1 saturated heterocycles. The first kappa shape index (κ1) is 27.4. The van der Waals surface area contributed by atoms with Gasteiger partial charge in [-0.15, -0.1) is 9.42 Å². The van der Waals surface area contributed by atoms with E-state index in [0.717, 1.165) is 0 Å². The van der Waals surface area contributed by atoms with Gasteiger partial charge in [-0.05, 0) is 36.7 Å². The minimum absolute atomic E-state index is 0.119. The van der Waals surface area contributed by atoms with Crippen LogP contribution in [0.1, 0.15) is 56.1 Å². The van der Waals surface area contributed by atoms with Gasteiger partial charge in [0.1, 0.15) is 18.5 Å². The van der Waals surface area contributed by atoms with Gasteiger partial charge in [0.05, 0.1) is 12.3 Å². The zero-order chi connectivity index (χ0) is 27.0. The number of benzene rings is 1. The molecule has 4 rings (SSSR count). The SMILES string of the molecule is CC[C@H]1O[C@@H](c2cnn3c(NC(=O)c4ccccc4)ncnc23)[C@@H](O[Si](C)(C)C(C)(C)C)C1O[P+](=O)O. The van der Waals surface area contributed by atoms with E-state index in [4.69, 9.17) is 13.7 Å². The molecule has 1 amide bonds. The summed E-state index contributed by atoms with van der Waals surface area (Å²) in [6.07, 6.45) is 0.936. The normalized spacial score (nSPS) is 22.8. The van der Waals surface area contributed by atoms with Crippen LogP contribution in [-0.2, 0) is 18.3 Å². The Labute approximate surface area is 217 Å². The molecule has 3 aromatic rings. The van der Waals surface area contributed by atoms with Crippen molar-refractivity contribution in [2.24, 2.45) is 0 Å². The minimum Gasteiger partial charge on any atom is -0.408 e. The number of rotatable bonds is 8. The maximum absolute atomic E-state index is 12.7. The highest BCUT2D eigenvalue weighted by Gasteiger charge is 2.54. The summed E-state index contributed by atoms with van der Waals surface area (Å²) in [6, 6.07) is 8.79. The van der Waals surface area contributed by atoms with E-state index >= 15 is 0 Å². The summed E-state index contributed by atoms with van der Waals surface area (Å²) in [4.78, 5) is 31.0. The zero-order valence-electron chi connectivity index (χ0n) is 21.8. The number of hydrogen-bond acceptors (Lipinski definition) is 8. The second-order valence-electron chi connectivity index (χ2n) is 10.5. The Kier molecular flexibility index (Phi) is 7.89. The first-order valence-corrected chi connectivity index (χ1v) is 16.2. The second kappa shape index (κ2) is 10.6.